The van der Waals surface area contributed by atoms with Gasteiger partial charge in [0.25, 0.3) is 5.91 Å². The molecule has 2 heterocycles. The molecule has 116 valence electrons. The van der Waals surface area contributed by atoms with Gasteiger partial charge in [-0.2, -0.15) is 0 Å². The molecule has 1 N–H and O–H groups in total. The molecule has 0 radical (unpaired) electrons. The number of hydrogen-bond acceptors (Lipinski definition) is 4. The van der Waals surface area contributed by atoms with Gasteiger partial charge in [0.15, 0.2) is 5.13 Å². The molecule has 3 rings (SSSR count). The third-order valence-electron chi connectivity index (χ3n) is 4.03. The molecule has 1 aromatic heterocycles. The molecule has 1 atom stereocenters. The highest BCUT2D eigenvalue weighted by atomic mass is 32.1. The Morgan fingerprint density at radius 3 is 2.82 bits per heavy atom. The normalized spacial score (nSPS) is 17.7. The third-order valence-corrected chi connectivity index (χ3v) is 4.92. The lowest BCUT2D eigenvalue weighted by molar-refractivity contribution is -0.124. The number of amides is 1. The fourth-order valence-electron chi connectivity index (χ4n) is 2.58. The molecule has 0 aliphatic carbocycles. The summed E-state index contributed by atoms with van der Waals surface area (Å²) in [6.07, 6.45) is 1.41. The van der Waals surface area contributed by atoms with E-state index in [-0.39, 0.29) is 12.0 Å². The maximum absolute atomic E-state index is 12.1. The van der Waals surface area contributed by atoms with E-state index in [1.807, 2.05) is 6.92 Å². The van der Waals surface area contributed by atoms with E-state index in [1.165, 1.54) is 22.5 Å². The predicted molar refractivity (Wildman–Crippen MR) is 89.4 cm³/mol. The SMILES string of the molecule is Cc1ccc(-c2nc(NC(=O)[C@H]3CCCO3)sc2C)cc1C. The van der Waals surface area contributed by atoms with Crippen molar-refractivity contribution in [2.45, 2.75) is 39.7 Å². The molecule has 1 aliphatic heterocycles. The van der Waals surface area contributed by atoms with Crippen LogP contribution in [0.4, 0.5) is 5.13 Å². The van der Waals surface area contributed by atoms with E-state index in [0.29, 0.717) is 11.7 Å². The summed E-state index contributed by atoms with van der Waals surface area (Å²) in [6.45, 7) is 6.90. The second-order valence-electron chi connectivity index (χ2n) is 5.71. The smallest absolute Gasteiger partial charge is 0.255 e. The number of rotatable bonds is 3. The molecule has 0 bridgehead atoms. The van der Waals surface area contributed by atoms with Gasteiger partial charge in [0, 0.05) is 17.0 Å². The number of aryl methyl sites for hydroxylation is 3. The van der Waals surface area contributed by atoms with Gasteiger partial charge in [0.1, 0.15) is 6.10 Å². The Morgan fingerprint density at radius 2 is 2.14 bits per heavy atom. The quantitative estimate of drug-likeness (QED) is 0.935. The fraction of sp³-hybridized carbons (Fsp3) is 0.412. The van der Waals surface area contributed by atoms with Crippen LogP contribution in [0.25, 0.3) is 11.3 Å². The molecule has 0 unspecified atom stereocenters. The van der Waals surface area contributed by atoms with Crippen LogP contribution >= 0.6 is 11.3 Å². The summed E-state index contributed by atoms with van der Waals surface area (Å²) in [7, 11) is 0. The van der Waals surface area contributed by atoms with Gasteiger partial charge in [-0.15, -0.1) is 11.3 Å². The minimum absolute atomic E-state index is 0.0853. The van der Waals surface area contributed by atoms with Crippen LogP contribution in [0.5, 0.6) is 0 Å². The van der Waals surface area contributed by atoms with Gasteiger partial charge >= 0.3 is 0 Å². The minimum atomic E-state index is -0.325. The van der Waals surface area contributed by atoms with E-state index in [9.17, 15) is 4.79 Å². The number of thiazole rings is 1. The number of nitrogens with zero attached hydrogens (tertiary/aromatic N) is 1. The van der Waals surface area contributed by atoms with Gasteiger partial charge in [0.05, 0.1) is 5.69 Å². The summed E-state index contributed by atoms with van der Waals surface area (Å²) in [5.41, 5.74) is 4.54. The molecule has 1 amide bonds. The van der Waals surface area contributed by atoms with Gasteiger partial charge < -0.3 is 4.74 Å². The van der Waals surface area contributed by atoms with E-state index in [1.54, 1.807) is 0 Å². The Balaban J connectivity index is 1.81. The number of carbonyl (C=O) groups excluding carboxylic acids is 1. The van der Waals surface area contributed by atoms with Gasteiger partial charge in [-0.1, -0.05) is 12.1 Å². The average molecular weight is 316 g/mol. The molecule has 5 heteroatoms. The molecular formula is C17H20N2O2S. The zero-order chi connectivity index (χ0) is 15.7. The van der Waals surface area contributed by atoms with Crippen LogP contribution in [0, 0.1) is 20.8 Å². The standard InChI is InChI=1S/C17H20N2O2S/c1-10-6-7-13(9-11(10)2)15-12(3)22-17(18-15)19-16(20)14-5-4-8-21-14/h6-7,9,14H,4-5,8H2,1-3H3,(H,18,19,20)/t14-/m1/s1. The summed E-state index contributed by atoms with van der Waals surface area (Å²) in [5.74, 6) is -0.0853. The summed E-state index contributed by atoms with van der Waals surface area (Å²) >= 11 is 1.51. The van der Waals surface area contributed by atoms with Crippen LogP contribution in [0.1, 0.15) is 28.8 Å². The molecule has 1 aromatic carbocycles. The number of anilines is 1. The number of nitrogens with one attached hydrogen (secondary N) is 1. The Kier molecular flexibility index (Phi) is 4.27. The molecular weight excluding hydrogens is 296 g/mol. The van der Waals surface area contributed by atoms with Crippen molar-refractivity contribution in [2.24, 2.45) is 0 Å². The van der Waals surface area contributed by atoms with Gasteiger partial charge in [0.2, 0.25) is 0 Å². The molecule has 4 nitrogen and oxygen atoms in total. The highest BCUT2D eigenvalue weighted by molar-refractivity contribution is 7.16. The average Bonchev–Trinajstić information content (AvgIpc) is 3.12. The first-order valence-electron chi connectivity index (χ1n) is 7.52. The topological polar surface area (TPSA) is 51.2 Å². The number of benzene rings is 1. The number of carbonyl (C=O) groups is 1. The maximum atomic E-state index is 12.1. The van der Waals surface area contributed by atoms with Crippen LogP contribution in [0.2, 0.25) is 0 Å². The van der Waals surface area contributed by atoms with E-state index in [0.717, 1.165) is 29.0 Å². The van der Waals surface area contributed by atoms with Crippen molar-refractivity contribution in [1.82, 2.24) is 4.98 Å². The molecule has 1 fully saturated rings. The molecule has 2 aromatic rings. The Bertz CT molecular complexity index is 703. The first-order valence-corrected chi connectivity index (χ1v) is 8.34. The van der Waals surface area contributed by atoms with Crippen LogP contribution in [-0.2, 0) is 9.53 Å². The van der Waals surface area contributed by atoms with E-state index in [4.69, 9.17) is 4.74 Å². The number of aromatic nitrogens is 1. The second-order valence-corrected chi connectivity index (χ2v) is 6.92. The lowest BCUT2D eigenvalue weighted by Crippen LogP contribution is -2.26. The lowest BCUT2D eigenvalue weighted by Gasteiger charge is -2.07. The van der Waals surface area contributed by atoms with E-state index in [2.05, 4.69) is 42.3 Å². The van der Waals surface area contributed by atoms with Crippen molar-refractivity contribution in [1.29, 1.82) is 0 Å². The molecule has 1 aliphatic rings. The summed E-state index contributed by atoms with van der Waals surface area (Å²) in [5, 5.41) is 3.53. The zero-order valence-corrected chi connectivity index (χ0v) is 13.9. The van der Waals surface area contributed by atoms with Crippen LogP contribution in [0.15, 0.2) is 18.2 Å². The van der Waals surface area contributed by atoms with Crippen molar-refractivity contribution < 1.29 is 9.53 Å². The van der Waals surface area contributed by atoms with Crippen molar-refractivity contribution in [3.8, 4) is 11.3 Å². The zero-order valence-electron chi connectivity index (χ0n) is 13.1. The van der Waals surface area contributed by atoms with Gasteiger partial charge in [-0.05, 0) is 50.8 Å². The van der Waals surface area contributed by atoms with Crippen molar-refractivity contribution in [3.05, 3.63) is 34.2 Å². The number of hydrogen-bond donors (Lipinski definition) is 1. The van der Waals surface area contributed by atoms with E-state index < -0.39 is 0 Å². The Labute approximate surface area is 134 Å². The largest absolute Gasteiger partial charge is 0.368 e. The third kappa shape index (κ3) is 3.05. The van der Waals surface area contributed by atoms with Crippen LogP contribution < -0.4 is 5.32 Å². The Morgan fingerprint density at radius 1 is 1.32 bits per heavy atom. The Hall–Kier alpha value is -1.72. The van der Waals surface area contributed by atoms with Gasteiger partial charge in [-0.3, -0.25) is 10.1 Å². The highest BCUT2D eigenvalue weighted by Crippen LogP contribution is 2.31. The first kappa shape index (κ1) is 15.2. The first-order chi connectivity index (χ1) is 10.5. The predicted octanol–water partition coefficient (Wildman–Crippen LogP) is 3.85. The van der Waals surface area contributed by atoms with Gasteiger partial charge in [-0.25, -0.2) is 4.98 Å². The summed E-state index contributed by atoms with van der Waals surface area (Å²) in [4.78, 5) is 17.8. The molecule has 1 saturated heterocycles. The fourth-order valence-corrected chi connectivity index (χ4v) is 3.42. The van der Waals surface area contributed by atoms with Crippen molar-refractivity contribution in [3.63, 3.8) is 0 Å². The van der Waals surface area contributed by atoms with Crippen molar-refractivity contribution >= 4 is 22.4 Å². The lowest BCUT2D eigenvalue weighted by atomic mass is 10.0. The summed E-state index contributed by atoms with van der Waals surface area (Å²) < 4.78 is 5.40. The summed E-state index contributed by atoms with van der Waals surface area (Å²) in [6, 6.07) is 6.33. The number of ether oxygens (including phenoxy) is 1. The van der Waals surface area contributed by atoms with Crippen molar-refractivity contribution in [2.75, 3.05) is 11.9 Å². The second kappa shape index (κ2) is 6.18. The maximum Gasteiger partial charge on any atom is 0.255 e. The minimum Gasteiger partial charge on any atom is -0.368 e. The molecule has 0 saturated carbocycles. The van der Waals surface area contributed by atoms with Crippen LogP contribution in [0.3, 0.4) is 0 Å². The molecule has 22 heavy (non-hydrogen) atoms. The highest BCUT2D eigenvalue weighted by Gasteiger charge is 2.24. The molecule has 0 spiro atoms. The van der Waals surface area contributed by atoms with E-state index >= 15 is 0 Å². The monoisotopic (exact) mass is 316 g/mol. The van der Waals surface area contributed by atoms with Crippen LogP contribution in [-0.4, -0.2) is 23.6 Å².